The molecule has 0 aliphatic carbocycles. The van der Waals surface area contributed by atoms with E-state index in [9.17, 15) is 4.79 Å². The van der Waals surface area contributed by atoms with Gasteiger partial charge in [-0.1, -0.05) is 19.1 Å². The molecule has 0 saturated carbocycles. The first-order chi connectivity index (χ1) is 14.2. The van der Waals surface area contributed by atoms with Gasteiger partial charge in [0.25, 0.3) is 0 Å². The van der Waals surface area contributed by atoms with Crippen molar-refractivity contribution in [1.29, 1.82) is 0 Å². The maximum atomic E-state index is 12.4. The first kappa shape index (κ1) is 18.4. The molecule has 6 heteroatoms. The number of pyridine rings is 1. The molecular formula is C23H29N5O. The van der Waals surface area contributed by atoms with Crippen LogP contribution in [-0.2, 0) is 17.8 Å². The Labute approximate surface area is 172 Å². The molecular weight excluding hydrogens is 362 g/mol. The molecule has 1 aromatic heterocycles. The van der Waals surface area contributed by atoms with Gasteiger partial charge in [0.15, 0.2) is 5.82 Å². The number of amides is 1. The standard InChI is InChI=1S/C23H29N5O/c1-2-17-5-7-19(8-6-17)27-12-10-26(11-13-27)16-18-14-20-22(24-15-18)28-9-3-4-21(28)23(29)25-20/h5-8,14-15,21H,2-4,9-13,16H2,1H3,(H,25,29). The van der Waals surface area contributed by atoms with E-state index in [0.29, 0.717) is 0 Å². The average molecular weight is 392 g/mol. The highest BCUT2D eigenvalue weighted by Gasteiger charge is 2.37. The van der Waals surface area contributed by atoms with E-state index >= 15 is 0 Å². The maximum Gasteiger partial charge on any atom is 0.247 e. The predicted molar refractivity (Wildman–Crippen MR) is 117 cm³/mol. The number of piperazine rings is 1. The molecule has 1 N–H and O–H groups in total. The second-order valence-corrected chi connectivity index (χ2v) is 8.34. The Morgan fingerprint density at radius 3 is 2.62 bits per heavy atom. The number of hydrogen-bond acceptors (Lipinski definition) is 5. The van der Waals surface area contributed by atoms with Gasteiger partial charge in [-0.25, -0.2) is 4.98 Å². The largest absolute Gasteiger partial charge is 0.369 e. The van der Waals surface area contributed by atoms with Crippen molar-refractivity contribution in [3.63, 3.8) is 0 Å². The summed E-state index contributed by atoms with van der Waals surface area (Å²) in [5, 5.41) is 3.08. The fourth-order valence-corrected chi connectivity index (χ4v) is 4.78. The fraction of sp³-hybridized carbons (Fsp3) is 0.478. The zero-order valence-electron chi connectivity index (χ0n) is 17.1. The maximum absolute atomic E-state index is 12.4. The number of benzene rings is 1. The average Bonchev–Trinajstić information content (AvgIpc) is 3.25. The topological polar surface area (TPSA) is 51.7 Å². The van der Waals surface area contributed by atoms with Crippen molar-refractivity contribution in [3.8, 4) is 0 Å². The summed E-state index contributed by atoms with van der Waals surface area (Å²) >= 11 is 0. The molecule has 3 aliphatic heterocycles. The third-order valence-corrected chi connectivity index (χ3v) is 6.50. The molecule has 152 valence electrons. The van der Waals surface area contributed by atoms with Crippen LogP contribution >= 0.6 is 0 Å². The van der Waals surface area contributed by atoms with Gasteiger partial charge in [0.1, 0.15) is 6.04 Å². The van der Waals surface area contributed by atoms with E-state index in [0.717, 1.165) is 70.0 Å². The lowest BCUT2D eigenvalue weighted by atomic mass is 10.1. The first-order valence-corrected chi connectivity index (χ1v) is 10.8. The van der Waals surface area contributed by atoms with Crippen LogP contribution in [0.2, 0.25) is 0 Å². The van der Waals surface area contributed by atoms with Crippen molar-refractivity contribution >= 4 is 23.1 Å². The Hall–Kier alpha value is -2.60. The third kappa shape index (κ3) is 3.57. The Balaban J connectivity index is 1.22. The monoisotopic (exact) mass is 391 g/mol. The van der Waals surface area contributed by atoms with Crippen LogP contribution in [0.25, 0.3) is 0 Å². The normalized spacial score (nSPS) is 21.7. The molecule has 2 saturated heterocycles. The Kier molecular flexibility index (Phi) is 4.87. The van der Waals surface area contributed by atoms with Gasteiger partial charge in [-0.05, 0) is 48.6 Å². The molecule has 0 bridgehead atoms. The summed E-state index contributed by atoms with van der Waals surface area (Å²) in [4.78, 5) is 24.2. The van der Waals surface area contributed by atoms with Crippen molar-refractivity contribution in [1.82, 2.24) is 9.88 Å². The van der Waals surface area contributed by atoms with Crippen LogP contribution in [-0.4, -0.2) is 54.6 Å². The molecule has 2 aromatic rings. The van der Waals surface area contributed by atoms with Gasteiger partial charge in [-0.15, -0.1) is 0 Å². The molecule has 1 unspecified atom stereocenters. The summed E-state index contributed by atoms with van der Waals surface area (Å²) in [6.45, 7) is 8.14. The minimum atomic E-state index is -0.0275. The molecule has 1 atom stereocenters. The van der Waals surface area contributed by atoms with Crippen LogP contribution in [0.5, 0.6) is 0 Å². The molecule has 29 heavy (non-hydrogen) atoms. The minimum Gasteiger partial charge on any atom is -0.369 e. The van der Waals surface area contributed by atoms with Crippen LogP contribution in [0.15, 0.2) is 36.5 Å². The van der Waals surface area contributed by atoms with E-state index in [4.69, 9.17) is 4.98 Å². The highest BCUT2D eigenvalue weighted by Crippen LogP contribution is 2.35. The van der Waals surface area contributed by atoms with Gasteiger partial charge in [0.2, 0.25) is 5.91 Å². The summed E-state index contributed by atoms with van der Waals surface area (Å²) in [6.07, 6.45) is 5.07. The lowest BCUT2D eigenvalue weighted by Crippen LogP contribution is -2.46. The van der Waals surface area contributed by atoms with Gasteiger partial charge >= 0.3 is 0 Å². The van der Waals surface area contributed by atoms with Crippen molar-refractivity contribution < 1.29 is 4.79 Å². The molecule has 0 spiro atoms. The smallest absolute Gasteiger partial charge is 0.247 e. The molecule has 6 nitrogen and oxygen atoms in total. The molecule has 0 radical (unpaired) electrons. The molecule has 1 amide bonds. The Morgan fingerprint density at radius 2 is 1.86 bits per heavy atom. The van der Waals surface area contributed by atoms with Crippen molar-refractivity contribution in [3.05, 3.63) is 47.7 Å². The number of rotatable bonds is 4. The summed E-state index contributed by atoms with van der Waals surface area (Å²) in [7, 11) is 0. The summed E-state index contributed by atoms with van der Waals surface area (Å²) in [6, 6.07) is 11.1. The van der Waals surface area contributed by atoms with Crippen molar-refractivity contribution in [2.75, 3.05) is 47.8 Å². The van der Waals surface area contributed by atoms with Gasteiger partial charge in [0.05, 0.1) is 5.69 Å². The Bertz CT molecular complexity index is 889. The van der Waals surface area contributed by atoms with Crippen LogP contribution in [0, 0.1) is 0 Å². The molecule has 5 rings (SSSR count). The Morgan fingerprint density at radius 1 is 1.07 bits per heavy atom. The molecule has 1 aromatic carbocycles. The minimum absolute atomic E-state index is 0.0275. The number of hydrogen-bond donors (Lipinski definition) is 1. The molecule has 4 heterocycles. The number of nitrogens with one attached hydrogen (secondary N) is 1. The van der Waals surface area contributed by atoms with Gasteiger partial charge in [-0.3, -0.25) is 9.69 Å². The highest BCUT2D eigenvalue weighted by molar-refractivity contribution is 6.03. The fourth-order valence-electron chi connectivity index (χ4n) is 4.78. The second-order valence-electron chi connectivity index (χ2n) is 8.34. The lowest BCUT2D eigenvalue weighted by Gasteiger charge is -2.36. The van der Waals surface area contributed by atoms with E-state index in [1.165, 1.54) is 16.8 Å². The van der Waals surface area contributed by atoms with Crippen LogP contribution in [0.4, 0.5) is 17.2 Å². The summed E-state index contributed by atoms with van der Waals surface area (Å²) in [5.74, 6) is 1.06. The number of aryl methyl sites for hydroxylation is 1. The lowest BCUT2D eigenvalue weighted by molar-refractivity contribution is -0.117. The van der Waals surface area contributed by atoms with Gasteiger partial charge < -0.3 is 15.1 Å². The second kappa shape index (κ2) is 7.67. The molecule has 3 aliphatic rings. The highest BCUT2D eigenvalue weighted by atomic mass is 16.2. The zero-order valence-corrected chi connectivity index (χ0v) is 17.1. The third-order valence-electron chi connectivity index (χ3n) is 6.50. The van der Waals surface area contributed by atoms with Crippen LogP contribution in [0.3, 0.4) is 0 Å². The summed E-state index contributed by atoms with van der Waals surface area (Å²) in [5.41, 5.74) is 4.75. The van der Waals surface area contributed by atoms with E-state index in [1.54, 1.807) is 0 Å². The van der Waals surface area contributed by atoms with Crippen molar-refractivity contribution in [2.45, 2.75) is 38.8 Å². The van der Waals surface area contributed by atoms with Crippen molar-refractivity contribution in [2.24, 2.45) is 0 Å². The quantitative estimate of drug-likeness (QED) is 0.869. The van der Waals surface area contributed by atoms with E-state index in [2.05, 4.69) is 57.3 Å². The zero-order chi connectivity index (χ0) is 19.8. The number of carbonyl (C=O) groups excluding carboxylic acids is 1. The number of anilines is 3. The predicted octanol–water partition coefficient (Wildman–Crippen LogP) is 2.89. The SMILES string of the molecule is CCc1ccc(N2CCN(Cc3cnc4c(c3)NC(=O)C3CCCN43)CC2)cc1. The van der Waals surface area contributed by atoms with Crippen LogP contribution in [0.1, 0.15) is 30.9 Å². The van der Waals surface area contributed by atoms with E-state index in [1.807, 2.05) is 6.20 Å². The van der Waals surface area contributed by atoms with Crippen LogP contribution < -0.4 is 15.1 Å². The summed E-state index contributed by atoms with van der Waals surface area (Å²) < 4.78 is 0. The molecule has 2 fully saturated rings. The number of aromatic nitrogens is 1. The van der Waals surface area contributed by atoms with E-state index < -0.39 is 0 Å². The number of nitrogens with zero attached hydrogens (tertiary/aromatic N) is 4. The van der Waals surface area contributed by atoms with Gasteiger partial charge in [-0.2, -0.15) is 0 Å². The number of fused-ring (bicyclic) bond motifs is 3. The first-order valence-electron chi connectivity index (χ1n) is 10.8. The number of carbonyl (C=O) groups is 1. The van der Waals surface area contributed by atoms with Gasteiger partial charge in [0, 0.05) is 51.2 Å². The van der Waals surface area contributed by atoms with E-state index in [-0.39, 0.29) is 11.9 Å².